The largest absolute Gasteiger partial charge is 0.493 e. The summed E-state index contributed by atoms with van der Waals surface area (Å²) in [6.07, 6.45) is 0.997. The molecule has 0 spiro atoms. The van der Waals surface area contributed by atoms with Gasteiger partial charge in [-0.1, -0.05) is 30.3 Å². The monoisotopic (exact) mass is 365 g/mol. The molecule has 1 amide bonds. The number of anilines is 1. The van der Waals surface area contributed by atoms with Crippen molar-refractivity contribution in [3.8, 4) is 5.75 Å². The Morgan fingerprint density at radius 1 is 1.04 bits per heavy atom. The number of carbonyl (C=O) groups is 1. The SMILES string of the molecule is CN(C)C(=O)C(c1ccccc1)N1CCN(c2ccc3c(c2)CCO3)CC1. The van der Waals surface area contributed by atoms with Crippen LogP contribution in [0.1, 0.15) is 17.2 Å². The van der Waals surface area contributed by atoms with Crippen molar-refractivity contribution in [1.29, 1.82) is 0 Å². The fourth-order valence-electron chi connectivity index (χ4n) is 4.00. The Morgan fingerprint density at radius 3 is 2.48 bits per heavy atom. The number of carbonyl (C=O) groups excluding carboxylic acids is 1. The first-order chi connectivity index (χ1) is 13.1. The summed E-state index contributed by atoms with van der Waals surface area (Å²) in [5, 5.41) is 0. The van der Waals surface area contributed by atoms with E-state index in [1.54, 1.807) is 4.90 Å². The average Bonchev–Trinajstić information content (AvgIpc) is 3.17. The highest BCUT2D eigenvalue weighted by Gasteiger charge is 2.31. The molecule has 2 aromatic rings. The van der Waals surface area contributed by atoms with E-state index in [-0.39, 0.29) is 11.9 Å². The van der Waals surface area contributed by atoms with Gasteiger partial charge in [0.15, 0.2) is 0 Å². The van der Waals surface area contributed by atoms with E-state index in [0.717, 1.165) is 50.5 Å². The van der Waals surface area contributed by atoms with Crippen LogP contribution in [0.5, 0.6) is 5.75 Å². The quantitative estimate of drug-likeness (QED) is 0.834. The van der Waals surface area contributed by atoms with Crippen molar-refractivity contribution in [2.75, 3.05) is 51.8 Å². The van der Waals surface area contributed by atoms with Gasteiger partial charge in [0.25, 0.3) is 0 Å². The van der Waals surface area contributed by atoms with Gasteiger partial charge in [-0.25, -0.2) is 0 Å². The predicted molar refractivity (Wildman–Crippen MR) is 107 cm³/mol. The molecule has 0 aromatic heterocycles. The van der Waals surface area contributed by atoms with Gasteiger partial charge >= 0.3 is 0 Å². The zero-order chi connectivity index (χ0) is 18.8. The summed E-state index contributed by atoms with van der Waals surface area (Å²) >= 11 is 0. The van der Waals surface area contributed by atoms with Crippen LogP contribution < -0.4 is 9.64 Å². The lowest BCUT2D eigenvalue weighted by atomic mass is 10.0. The van der Waals surface area contributed by atoms with Gasteiger partial charge < -0.3 is 14.5 Å². The number of ether oxygens (including phenoxy) is 1. The average molecular weight is 365 g/mol. The van der Waals surface area contributed by atoms with Crippen LogP contribution in [0, 0.1) is 0 Å². The van der Waals surface area contributed by atoms with Crippen LogP contribution in [0.2, 0.25) is 0 Å². The van der Waals surface area contributed by atoms with Crippen LogP contribution >= 0.6 is 0 Å². The molecule has 2 heterocycles. The summed E-state index contributed by atoms with van der Waals surface area (Å²) in [5.74, 6) is 1.17. The van der Waals surface area contributed by atoms with Crippen LogP contribution in [0.3, 0.4) is 0 Å². The number of fused-ring (bicyclic) bond motifs is 1. The molecule has 4 rings (SSSR count). The summed E-state index contributed by atoms with van der Waals surface area (Å²) < 4.78 is 5.62. The molecule has 2 aromatic carbocycles. The Hall–Kier alpha value is -2.53. The van der Waals surface area contributed by atoms with Crippen LogP contribution in [-0.2, 0) is 11.2 Å². The van der Waals surface area contributed by atoms with E-state index in [4.69, 9.17) is 4.74 Å². The number of rotatable bonds is 4. The van der Waals surface area contributed by atoms with Crippen molar-refractivity contribution in [2.45, 2.75) is 12.5 Å². The second kappa shape index (κ2) is 7.61. The number of piperazine rings is 1. The summed E-state index contributed by atoms with van der Waals surface area (Å²) in [5.41, 5.74) is 3.63. The molecule has 0 aliphatic carbocycles. The highest BCUT2D eigenvalue weighted by atomic mass is 16.5. The summed E-state index contributed by atoms with van der Waals surface area (Å²) in [6.45, 7) is 4.37. The number of hydrogen-bond acceptors (Lipinski definition) is 4. The van der Waals surface area contributed by atoms with Crippen LogP contribution in [0.15, 0.2) is 48.5 Å². The molecule has 5 heteroatoms. The molecule has 2 aliphatic heterocycles. The molecular weight excluding hydrogens is 338 g/mol. The molecule has 1 unspecified atom stereocenters. The van der Waals surface area contributed by atoms with E-state index in [9.17, 15) is 4.79 Å². The standard InChI is InChI=1S/C22H27N3O2/c1-23(2)22(26)21(17-6-4-3-5-7-17)25-13-11-24(12-14-25)19-8-9-20-18(16-19)10-15-27-20/h3-9,16,21H,10-15H2,1-2H3. The van der Waals surface area contributed by atoms with Gasteiger partial charge in [-0.15, -0.1) is 0 Å². The van der Waals surface area contributed by atoms with Gasteiger partial charge in [0.2, 0.25) is 5.91 Å². The van der Waals surface area contributed by atoms with Crippen molar-refractivity contribution in [2.24, 2.45) is 0 Å². The summed E-state index contributed by atoms with van der Waals surface area (Å²) in [6, 6.07) is 16.4. The number of amides is 1. The van der Waals surface area contributed by atoms with E-state index in [2.05, 4.69) is 40.1 Å². The van der Waals surface area contributed by atoms with E-state index in [1.807, 2.05) is 32.3 Å². The minimum Gasteiger partial charge on any atom is -0.493 e. The zero-order valence-electron chi connectivity index (χ0n) is 16.1. The third-order valence-electron chi connectivity index (χ3n) is 5.51. The van der Waals surface area contributed by atoms with Gasteiger partial charge in [0.1, 0.15) is 11.8 Å². The van der Waals surface area contributed by atoms with Crippen LogP contribution in [-0.4, -0.2) is 62.6 Å². The van der Waals surface area contributed by atoms with Crippen molar-refractivity contribution in [1.82, 2.24) is 9.80 Å². The molecular formula is C22H27N3O2. The third-order valence-corrected chi connectivity index (χ3v) is 5.51. The van der Waals surface area contributed by atoms with Crippen LogP contribution in [0.4, 0.5) is 5.69 Å². The van der Waals surface area contributed by atoms with Gasteiger partial charge in [-0.05, 0) is 29.3 Å². The number of likely N-dealkylation sites (N-methyl/N-ethyl adjacent to an activating group) is 1. The van der Waals surface area contributed by atoms with Crippen LogP contribution in [0.25, 0.3) is 0 Å². The lowest BCUT2D eigenvalue weighted by molar-refractivity contribution is -0.134. The number of nitrogens with zero attached hydrogens (tertiary/aromatic N) is 3. The summed E-state index contributed by atoms with van der Waals surface area (Å²) in [7, 11) is 3.67. The van der Waals surface area contributed by atoms with Gasteiger partial charge in [-0.3, -0.25) is 9.69 Å². The molecule has 142 valence electrons. The first-order valence-corrected chi connectivity index (χ1v) is 9.64. The normalized spacial score (nSPS) is 17.9. The Kier molecular flexibility index (Phi) is 5.03. The highest BCUT2D eigenvalue weighted by Crippen LogP contribution is 2.31. The molecule has 0 N–H and O–H groups in total. The van der Waals surface area contributed by atoms with Crippen molar-refractivity contribution in [3.63, 3.8) is 0 Å². The fraction of sp³-hybridized carbons (Fsp3) is 0.409. The Balaban J connectivity index is 1.49. The molecule has 1 atom stereocenters. The maximum Gasteiger partial charge on any atom is 0.244 e. The fourth-order valence-corrected chi connectivity index (χ4v) is 4.00. The second-order valence-corrected chi connectivity index (χ2v) is 7.46. The van der Waals surface area contributed by atoms with Gasteiger partial charge in [0.05, 0.1) is 6.61 Å². The predicted octanol–water partition coefficient (Wildman–Crippen LogP) is 2.57. The molecule has 0 radical (unpaired) electrons. The van der Waals surface area contributed by atoms with Crippen molar-refractivity contribution < 1.29 is 9.53 Å². The van der Waals surface area contributed by atoms with Crippen molar-refractivity contribution in [3.05, 3.63) is 59.7 Å². The van der Waals surface area contributed by atoms with E-state index in [1.165, 1.54) is 11.3 Å². The molecule has 0 bridgehead atoms. The lowest BCUT2D eigenvalue weighted by Gasteiger charge is -2.40. The molecule has 1 saturated heterocycles. The maximum atomic E-state index is 12.9. The smallest absolute Gasteiger partial charge is 0.244 e. The first-order valence-electron chi connectivity index (χ1n) is 9.64. The first kappa shape index (κ1) is 17.9. The third kappa shape index (κ3) is 3.65. The minimum atomic E-state index is -0.211. The molecule has 1 fully saturated rings. The Labute approximate surface area is 161 Å². The lowest BCUT2D eigenvalue weighted by Crippen LogP contribution is -2.51. The summed E-state index contributed by atoms with van der Waals surface area (Å²) in [4.78, 5) is 19.3. The number of benzene rings is 2. The second-order valence-electron chi connectivity index (χ2n) is 7.46. The Bertz CT molecular complexity index is 798. The van der Waals surface area contributed by atoms with Gasteiger partial charge in [-0.2, -0.15) is 0 Å². The zero-order valence-corrected chi connectivity index (χ0v) is 16.1. The number of hydrogen-bond donors (Lipinski definition) is 0. The van der Waals surface area contributed by atoms with E-state index >= 15 is 0 Å². The minimum absolute atomic E-state index is 0.143. The molecule has 2 aliphatic rings. The van der Waals surface area contributed by atoms with E-state index in [0.29, 0.717) is 0 Å². The highest BCUT2D eigenvalue weighted by molar-refractivity contribution is 5.83. The Morgan fingerprint density at radius 2 is 1.78 bits per heavy atom. The van der Waals surface area contributed by atoms with E-state index < -0.39 is 0 Å². The molecule has 0 saturated carbocycles. The maximum absolute atomic E-state index is 12.9. The topological polar surface area (TPSA) is 36.0 Å². The van der Waals surface area contributed by atoms with Crippen molar-refractivity contribution >= 4 is 11.6 Å². The molecule has 5 nitrogen and oxygen atoms in total. The van der Waals surface area contributed by atoms with Gasteiger partial charge in [0, 0.05) is 52.4 Å². The molecule has 27 heavy (non-hydrogen) atoms.